The van der Waals surface area contributed by atoms with Crippen LogP contribution >= 0.6 is 0 Å². The number of methoxy groups -OCH3 is 2. The van der Waals surface area contributed by atoms with Crippen LogP contribution in [-0.4, -0.2) is 56.0 Å². The second-order valence-corrected chi connectivity index (χ2v) is 6.77. The van der Waals surface area contributed by atoms with Crippen LogP contribution in [0.15, 0.2) is 36.4 Å². The monoisotopic (exact) mass is 432 g/mol. The van der Waals surface area contributed by atoms with E-state index in [1.54, 1.807) is 0 Å². The number of halogens is 2. The first-order valence-corrected chi connectivity index (χ1v) is 9.11. The molecule has 1 aliphatic rings. The number of rotatable bonds is 5. The average molecular weight is 432 g/mol. The zero-order valence-corrected chi connectivity index (χ0v) is 16.6. The van der Waals surface area contributed by atoms with Gasteiger partial charge in [0.25, 0.3) is 5.91 Å². The Kier molecular flexibility index (Phi) is 6.28. The second kappa shape index (κ2) is 8.90. The maximum absolute atomic E-state index is 13.3. The number of carbonyl (C=O) groups excluding carboxylic acids is 4. The fraction of sp³-hybridized carbons (Fsp3) is 0.238. The number of nitrogens with one attached hydrogen (secondary N) is 1. The molecule has 8 nitrogen and oxygen atoms in total. The Balaban J connectivity index is 1.69. The summed E-state index contributed by atoms with van der Waals surface area (Å²) in [4.78, 5) is 50.0. The van der Waals surface area contributed by atoms with Crippen molar-refractivity contribution in [2.75, 3.05) is 32.6 Å². The Bertz CT molecular complexity index is 1070. The van der Waals surface area contributed by atoms with Gasteiger partial charge in [0.1, 0.15) is 0 Å². The van der Waals surface area contributed by atoms with Crippen LogP contribution in [-0.2, 0) is 14.3 Å². The molecule has 0 atom stereocenters. The first-order valence-electron chi connectivity index (χ1n) is 9.11. The van der Waals surface area contributed by atoms with Gasteiger partial charge in [-0.05, 0) is 36.4 Å². The molecule has 2 aromatic rings. The van der Waals surface area contributed by atoms with Crippen LogP contribution < -0.4 is 5.32 Å². The van der Waals surface area contributed by atoms with Crippen molar-refractivity contribution >= 4 is 29.4 Å². The van der Waals surface area contributed by atoms with Crippen molar-refractivity contribution in [3.63, 3.8) is 0 Å². The molecule has 0 saturated carbocycles. The Labute approximate surface area is 175 Å². The third-order valence-electron chi connectivity index (χ3n) is 4.81. The molecule has 3 rings (SSSR count). The normalized spacial score (nSPS) is 13.2. The summed E-state index contributed by atoms with van der Waals surface area (Å²) in [6, 6.07) is 6.79. The molecule has 0 radical (unpaired) electrons. The van der Waals surface area contributed by atoms with Gasteiger partial charge in [0.15, 0.2) is 11.6 Å². The number of benzene rings is 2. The van der Waals surface area contributed by atoms with E-state index in [-0.39, 0.29) is 35.5 Å². The molecule has 31 heavy (non-hydrogen) atoms. The van der Waals surface area contributed by atoms with Gasteiger partial charge < -0.3 is 19.7 Å². The molecule has 0 unspecified atom stereocenters. The fourth-order valence-electron chi connectivity index (χ4n) is 3.04. The summed E-state index contributed by atoms with van der Waals surface area (Å²) in [7, 11) is 2.37. The lowest BCUT2D eigenvalue weighted by molar-refractivity contribution is -0.123. The molecule has 1 aliphatic heterocycles. The summed E-state index contributed by atoms with van der Waals surface area (Å²) in [5, 5.41) is 2.57. The van der Waals surface area contributed by atoms with Crippen molar-refractivity contribution in [2.24, 2.45) is 5.92 Å². The van der Waals surface area contributed by atoms with E-state index >= 15 is 0 Å². The molecule has 1 N–H and O–H groups in total. The van der Waals surface area contributed by atoms with Crippen molar-refractivity contribution < 1.29 is 37.4 Å². The summed E-state index contributed by atoms with van der Waals surface area (Å²) in [5.74, 6) is -5.18. The highest BCUT2D eigenvalue weighted by Crippen LogP contribution is 2.24. The molecule has 1 saturated heterocycles. The first kappa shape index (κ1) is 21.9. The van der Waals surface area contributed by atoms with Crippen molar-refractivity contribution in [3.8, 4) is 0 Å². The molecule has 1 heterocycles. The SMILES string of the molecule is COC(=O)c1ccc(C(=O)OC)c(NC(=O)C2CN(C(=O)c3ccc(F)c(F)c3)C2)c1. The van der Waals surface area contributed by atoms with Gasteiger partial charge in [-0.25, -0.2) is 18.4 Å². The van der Waals surface area contributed by atoms with Crippen LogP contribution in [0.25, 0.3) is 0 Å². The predicted molar refractivity (Wildman–Crippen MR) is 104 cm³/mol. The second-order valence-electron chi connectivity index (χ2n) is 6.77. The predicted octanol–water partition coefficient (Wildman–Crippen LogP) is 2.25. The van der Waals surface area contributed by atoms with Gasteiger partial charge in [-0.2, -0.15) is 0 Å². The van der Waals surface area contributed by atoms with Crippen molar-refractivity contribution in [3.05, 3.63) is 64.7 Å². The molecule has 10 heteroatoms. The largest absolute Gasteiger partial charge is 0.465 e. The zero-order chi connectivity index (χ0) is 22.7. The van der Waals surface area contributed by atoms with Gasteiger partial charge in [-0.1, -0.05) is 0 Å². The number of esters is 2. The summed E-state index contributed by atoms with van der Waals surface area (Å²) >= 11 is 0. The van der Waals surface area contributed by atoms with Gasteiger partial charge in [-0.3, -0.25) is 9.59 Å². The number of nitrogens with zero attached hydrogens (tertiary/aromatic N) is 1. The van der Waals surface area contributed by atoms with E-state index in [1.165, 1.54) is 37.3 Å². The van der Waals surface area contributed by atoms with Crippen LogP contribution in [0.2, 0.25) is 0 Å². The Morgan fingerprint density at radius 3 is 2.16 bits per heavy atom. The number of hydrogen-bond acceptors (Lipinski definition) is 6. The van der Waals surface area contributed by atoms with Crippen molar-refractivity contribution in [1.82, 2.24) is 4.90 Å². The maximum atomic E-state index is 13.3. The highest BCUT2D eigenvalue weighted by Gasteiger charge is 2.36. The molecular formula is C21H18F2N2O6. The number of carbonyl (C=O) groups is 4. The molecule has 0 bridgehead atoms. The minimum atomic E-state index is -1.14. The van der Waals surface area contributed by atoms with E-state index in [9.17, 15) is 28.0 Å². The summed E-state index contributed by atoms with van der Waals surface area (Å²) in [6.07, 6.45) is 0. The summed E-state index contributed by atoms with van der Waals surface area (Å²) in [6.45, 7) is 0.0990. The minimum Gasteiger partial charge on any atom is -0.465 e. The van der Waals surface area contributed by atoms with Gasteiger partial charge in [0.2, 0.25) is 5.91 Å². The molecule has 0 aromatic heterocycles. The topological polar surface area (TPSA) is 102 Å². The summed E-state index contributed by atoms with van der Waals surface area (Å²) < 4.78 is 35.7. The van der Waals surface area contributed by atoms with Crippen LogP contribution in [0.1, 0.15) is 31.1 Å². The zero-order valence-electron chi connectivity index (χ0n) is 16.6. The summed E-state index contributed by atoms with van der Waals surface area (Å²) in [5.41, 5.74) is 0.188. The Morgan fingerprint density at radius 2 is 1.55 bits per heavy atom. The van der Waals surface area contributed by atoms with E-state index in [1.807, 2.05) is 0 Å². The van der Waals surface area contributed by atoms with E-state index in [4.69, 9.17) is 0 Å². The van der Waals surface area contributed by atoms with Crippen LogP contribution in [0, 0.1) is 17.6 Å². The number of hydrogen-bond donors (Lipinski definition) is 1. The number of amides is 2. The number of likely N-dealkylation sites (tertiary alicyclic amines) is 1. The van der Waals surface area contributed by atoms with Crippen LogP contribution in [0.4, 0.5) is 14.5 Å². The van der Waals surface area contributed by atoms with E-state index in [0.29, 0.717) is 0 Å². The fourth-order valence-corrected chi connectivity index (χ4v) is 3.04. The number of anilines is 1. The first-order chi connectivity index (χ1) is 14.7. The third kappa shape index (κ3) is 4.52. The van der Waals surface area contributed by atoms with Gasteiger partial charge in [0.05, 0.1) is 37.0 Å². The van der Waals surface area contributed by atoms with Crippen LogP contribution in [0.3, 0.4) is 0 Å². The molecule has 2 aromatic carbocycles. The highest BCUT2D eigenvalue weighted by molar-refractivity contribution is 6.05. The van der Waals surface area contributed by atoms with Crippen molar-refractivity contribution in [2.45, 2.75) is 0 Å². The van der Waals surface area contributed by atoms with Gasteiger partial charge in [0, 0.05) is 18.7 Å². The van der Waals surface area contributed by atoms with Gasteiger partial charge in [-0.15, -0.1) is 0 Å². The minimum absolute atomic E-state index is 0.0310. The lowest BCUT2D eigenvalue weighted by Gasteiger charge is -2.38. The standard InChI is InChI=1S/C21H18F2N2O6/c1-30-20(28)12-3-5-14(21(29)31-2)17(8-12)24-18(26)13-9-25(10-13)19(27)11-4-6-15(22)16(23)7-11/h3-8,13H,9-10H2,1-2H3,(H,24,26). The van der Waals surface area contributed by atoms with E-state index in [0.717, 1.165) is 18.2 Å². The van der Waals surface area contributed by atoms with E-state index in [2.05, 4.69) is 14.8 Å². The highest BCUT2D eigenvalue weighted by atomic mass is 19.2. The lowest BCUT2D eigenvalue weighted by atomic mass is 9.97. The smallest absolute Gasteiger partial charge is 0.339 e. The number of ether oxygens (including phenoxy) is 2. The quantitative estimate of drug-likeness (QED) is 0.728. The van der Waals surface area contributed by atoms with Crippen molar-refractivity contribution in [1.29, 1.82) is 0 Å². The van der Waals surface area contributed by atoms with Gasteiger partial charge >= 0.3 is 11.9 Å². The molecule has 0 aliphatic carbocycles. The average Bonchev–Trinajstić information content (AvgIpc) is 2.73. The van der Waals surface area contributed by atoms with E-state index < -0.39 is 41.3 Å². The molecule has 162 valence electrons. The molecule has 0 spiro atoms. The molecule has 1 fully saturated rings. The third-order valence-corrected chi connectivity index (χ3v) is 4.81. The maximum Gasteiger partial charge on any atom is 0.339 e. The molecular weight excluding hydrogens is 414 g/mol. The Hall–Kier alpha value is -3.82. The Morgan fingerprint density at radius 1 is 0.903 bits per heavy atom. The molecule has 2 amide bonds. The lowest BCUT2D eigenvalue weighted by Crippen LogP contribution is -2.54. The van der Waals surface area contributed by atoms with Crippen LogP contribution in [0.5, 0.6) is 0 Å².